The summed E-state index contributed by atoms with van der Waals surface area (Å²) in [6, 6.07) is 9.24. The molecule has 0 heterocycles. The molecule has 0 saturated heterocycles. The molecule has 5 nitrogen and oxygen atoms in total. The summed E-state index contributed by atoms with van der Waals surface area (Å²) >= 11 is 0. The lowest BCUT2D eigenvalue weighted by atomic mass is 10.1. The van der Waals surface area contributed by atoms with E-state index in [0.717, 1.165) is 17.7 Å². The largest absolute Gasteiger partial charge is 0.417 e. The highest BCUT2D eigenvalue weighted by atomic mass is 19.4. The van der Waals surface area contributed by atoms with Crippen molar-refractivity contribution < 1.29 is 18.0 Å². The van der Waals surface area contributed by atoms with Gasteiger partial charge in [0.25, 0.3) is 5.91 Å². The van der Waals surface area contributed by atoms with Crippen LogP contribution in [0.5, 0.6) is 0 Å². The van der Waals surface area contributed by atoms with Crippen LogP contribution >= 0.6 is 0 Å². The van der Waals surface area contributed by atoms with Crippen molar-refractivity contribution in [2.24, 2.45) is 5.73 Å². The molecule has 8 heteroatoms. The van der Waals surface area contributed by atoms with Gasteiger partial charge in [0.2, 0.25) is 0 Å². The number of amides is 1. The highest BCUT2D eigenvalue weighted by molar-refractivity contribution is 6.06. The molecule has 0 unspecified atom stereocenters. The van der Waals surface area contributed by atoms with E-state index >= 15 is 0 Å². The van der Waals surface area contributed by atoms with E-state index in [1.165, 1.54) is 18.2 Å². The summed E-state index contributed by atoms with van der Waals surface area (Å²) in [5.74, 6) is -1.16. The van der Waals surface area contributed by atoms with Gasteiger partial charge in [-0.15, -0.1) is 0 Å². The number of anilines is 2. The van der Waals surface area contributed by atoms with Crippen LogP contribution in [0, 0.1) is 12.3 Å². The highest BCUT2D eigenvalue weighted by Gasteiger charge is 2.34. The van der Waals surface area contributed by atoms with E-state index in [4.69, 9.17) is 11.1 Å². The molecule has 0 aliphatic heterocycles. The molecule has 24 heavy (non-hydrogen) atoms. The average Bonchev–Trinajstić information content (AvgIpc) is 2.49. The summed E-state index contributed by atoms with van der Waals surface area (Å²) in [5.41, 5.74) is 5.32. The molecule has 0 radical (unpaired) electrons. The Hall–Kier alpha value is -3.03. The first-order valence-corrected chi connectivity index (χ1v) is 6.88. The van der Waals surface area contributed by atoms with Crippen molar-refractivity contribution in [1.82, 2.24) is 0 Å². The van der Waals surface area contributed by atoms with E-state index in [1.54, 1.807) is 19.1 Å². The second-order valence-electron chi connectivity index (χ2n) is 5.07. The van der Waals surface area contributed by atoms with Crippen molar-refractivity contribution >= 4 is 23.2 Å². The fraction of sp³-hybridized carbons (Fsp3) is 0.125. The Bertz CT molecular complexity index is 787. The van der Waals surface area contributed by atoms with Crippen LogP contribution in [0.4, 0.5) is 24.5 Å². The zero-order chi connectivity index (χ0) is 17.9. The summed E-state index contributed by atoms with van der Waals surface area (Å²) < 4.78 is 38.9. The van der Waals surface area contributed by atoms with Crippen LogP contribution in [0.1, 0.15) is 21.5 Å². The number of nitrogens with two attached hydrogens (primary N) is 1. The lowest BCUT2D eigenvalue weighted by Gasteiger charge is -2.14. The van der Waals surface area contributed by atoms with Crippen molar-refractivity contribution in [3.63, 3.8) is 0 Å². The normalized spacial score (nSPS) is 11.0. The molecular weight excluding hydrogens is 321 g/mol. The van der Waals surface area contributed by atoms with Crippen LogP contribution in [-0.2, 0) is 6.18 Å². The Balaban J connectivity index is 2.30. The number of alkyl halides is 3. The third kappa shape index (κ3) is 4.03. The molecule has 0 atom stereocenters. The molecule has 2 aromatic rings. The maximum absolute atomic E-state index is 13.0. The highest BCUT2D eigenvalue weighted by Crippen LogP contribution is 2.32. The molecule has 0 fully saturated rings. The van der Waals surface area contributed by atoms with Crippen LogP contribution < -0.4 is 16.4 Å². The fourth-order valence-electron chi connectivity index (χ4n) is 2.11. The summed E-state index contributed by atoms with van der Waals surface area (Å²) in [7, 11) is 0. The molecule has 0 aliphatic carbocycles. The minimum Gasteiger partial charge on any atom is -0.370 e. The second-order valence-corrected chi connectivity index (χ2v) is 5.07. The van der Waals surface area contributed by atoms with Crippen LogP contribution in [0.3, 0.4) is 0 Å². The fourth-order valence-corrected chi connectivity index (χ4v) is 2.11. The standard InChI is InChI=1S/C16H15F3N4O/c1-9-6-7-10(8-13(9)23-15(20)21)22-14(24)11-4-2-3-5-12(11)16(17,18)19/h2-8H,1H3,(H,22,24)(H4,20,21,23). The monoisotopic (exact) mass is 336 g/mol. The van der Waals surface area contributed by atoms with Gasteiger partial charge in [-0.3, -0.25) is 10.2 Å². The van der Waals surface area contributed by atoms with Gasteiger partial charge in [0.05, 0.1) is 11.1 Å². The van der Waals surface area contributed by atoms with Gasteiger partial charge >= 0.3 is 6.18 Å². The first-order chi connectivity index (χ1) is 11.2. The topological polar surface area (TPSA) is 91.0 Å². The molecule has 2 aromatic carbocycles. The average molecular weight is 336 g/mol. The van der Waals surface area contributed by atoms with E-state index in [-0.39, 0.29) is 11.6 Å². The second kappa shape index (κ2) is 6.61. The number of nitrogens with one attached hydrogen (secondary N) is 3. The van der Waals surface area contributed by atoms with E-state index in [0.29, 0.717) is 5.69 Å². The van der Waals surface area contributed by atoms with Crippen molar-refractivity contribution in [3.8, 4) is 0 Å². The third-order valence-electron chi connectivity index (χ3n) is 3.24. The van der Waals surface area contributed by atoms with Gasteiger partial charge in [0.1, 0.15) is 0 Å². The smallest absolute Gasteiger partial charge is 0.370 e. The lowest BCUT2D eigenvalue weighted by molar-refractivity contribution is -0.137. The Morgan fingerprint density at radius 3 is 2.42 bits per heavy atom. The van der Waals surface area contributed by atoms with Crippen LogP contribution in [0.2, 0.25) is 0 Å². The summed E-state index contributed by atoms with van der Waals surface area (Å²) in [6.07, 6.45) is -4.62. The third-order valence-corrected chi connectivity index (χ3v) is 3.24. The zero-order valence-electron chi connectivity index (χ0n) is 12.7. The molecule has 0 bridgehead atoms. The summed E-state index contributed by atoms with van der Waals surface area (Å²) in [4.78, 5) is 12.2. The molecule has 2 rings (SSSR count). The molecule has 0 aromatic heterocycles. The zero-order valence-corrected chi connectivity index (χ0v) is 12.7. The van der Waals surface area contributed by atoms with E-state index in [1.807, 2.05) is 0 Å². The van der Waals surface area contributed by atoms with Crippen molar-refractivity contribution in [1.29, 1.82) is 5.41 Å². The maximum atomic E-state index is 13.0. The molecule has 1 amide bonds. The summed E-state index contributed by atoms with van der Waals surface area (Å²) in [5, 5.41) is 12.2. The quantitative estimate of drug-likeness (QED) is 0.510. The minimum atomic E-state index is -4.62. The van der Waals surface area contributed by atoms with Crippen molar-refractivity contribution in [2.75, 3.05) is 10.6 Å². The number of carbonyl (C=O) groups excluding carboxylic acids is 1. The maximum Gasteiger partial charge on any atom is 0.417 e. The number of benzene rings is 2. The molecule has 0 spiro atoms. The number of carbonyl (C=O) groups is 1. The van der Waals surface area contributed by atoms with E-state index < -0.39 is 23.2 Å². The van der Waals surface area contributed by atoms with Crippen molar-refractivity contribution in [3.05, 3.63) is 59.2 Å². The first-order valence-electron chi connectivity index (χ1n) is 6.88. The molecule has 126 valence electrons. The van der Waals surface area contributed by atoms with Gasteiger partial charge in [-0.1, -0.05) is 18.2 Å². The first kappa shape index (κ1) is 17.3. The number of hydrogen-bond acceptors (Lipinski definition) is 2. The van der Waals surface area contributed by atoms with Crippen molar-refractivity contribution in [2.45, 2.75) is 13.1 Å². The van der Waals surface area contributed by atoms with Crippen LogP contribution in [0.15, 0.2) is 42.5 Å². The number of halogens is 3. The number of hydrogen-bond donors (Lipinski definition) is 4. The Labute approximate surface area is 136 Å². The van der Waals surface area contributed by atoms with Gasteiger partial charge in [-0.05, 0) is 36.8 Å². The van der Waals surface area contributed by atoms with Gasteiger partial charge < -0.3 is 16.4 Å². The Morgan fingerprint density at radius 1 is 1.12 bits per heavy atom. The Morgan fingerprint density at radius 2 is 1.79 bits per heavy atom. The van der Waals surface area contributed by atoms with E-state index in [9.17, 15) is 18.0 Å². The predicted octanol–water partition coefficient (Wildman–Crippen LogP) is 3.57. The van der Waals surface area contributed by atoms with Gasteiger partial charge in [-0.25, -0.2) is 0 Å². The van der Waals surface area contributed by atoms with Gasteiger partial charge in [-0.2, -0.15) is 13.2 Å². The van der Waals surface area contributed by atoms with Gasteiger partial charge in [0.15, 0.2) is 5.96 Å². The van der Waals surface area contributed by atoms with E-state index in [2.05, 4.69) is 10.6 Å². The number of guanidine groups is 1. The SMILES string of the molecule is Cc1ccc(NC(=O)c2ccccc2C(F)(F)F)cc1NC(=N)N. The van der Waals surface area contributed by atoms with Gasteiger partial charge in [0, 0.05) is 11.4 Å². The van der Waals surface area contributed by atoms with Crippen LogP contribution in [0.25, 0.3) is 0 Å². The minimum absolute atomic E-state index is 0.284. The Kier molecular flexibility index (Phi) is 4.77. The lowest BCUT2D eigenvalue weighted by Crippen LogP contribution is -2.21. The summed E-state index contributed by atoms with van der Waals surface area (Å²) in [6.45, 7) is 1.76. The molecule has 0 aliphatic rings. The molecule has 0 saturated carbocycles. The molecule has 5 N–H and O–H groups in total. The number of rotatable bonds is 3. The predicted molar refractivity (Wildman–Crippen MR) is 86.1 cm³/mol. The number of aryl methyl sites for hydroxylation is 1. The van der Waals surface area contributed by atoms with Crippen LogP contribution in [-0.4, -0.2) is 11.9 Å². The molecular formula is C16H15F3N4O.